The molecule has 76 valence electrons. The molecule has 0 aromatic rings. The van der Waals surface area contributed by atoms with Gasteiger partial charge in [-0.3, -0.25) is 4.79 Å². The highest BCUT2D eigenvalue weighted by Crippen LogP contribution is 2.21. The molecular weight excluding hydrogens is 168 g/mol. The average Bonchev–Trinajstić information content (AvgIpc) is 1.95. The Labute approximate surface area is 79.4 Å². The summed E-state index contributed by atoms with van der Waals surface area (Å²) >= 11 is 0. The second-order valence-electron chi connectivity index (χ2n) is 4.31. The van der Waals surface area contributed by atoms with Crippen LogP contribution in [0.4, 0.5) is 0 Å². The zero-order valence-electron chi connectivity index (χ0n) is 8.79. The molecule has 0 aromatic carbocycles. The molecule has 1 heterocycles. The Bertz CT molecular complexity index is 192. The first-order valence-corrected chi connectivity index (χ1v) is 4.73. The molecule has 1 saturated heterocycles. The van der Waals surface area contributed by atoms with Gasteiger partial charge in [0.25, 0.3) is 0 Å². The van der Waals surface area contributed by atoms with E-state index in [-0.39, 0.29) is 17.8 Å². The van der Waals surface area contributed by atoms with E-state index in [0.29, 0.717) is 13.2 Å². The fourth-order valence-corrected chi connectivity index (χ4v) is 1.45. The Hall–Kier alpha value is -0.410. The van der Waals surface area contributed by atoms with Crippen LogP contribution in [0.25, 0.3) is 0 Å². The lowest BCUT2D eigenvalue weighted by Crippen LogP contribution is -2.47. The predicted molar refractivity (Wildman–Crippen MR) is 49.6 cm³/mol. The summed E-state index contributed by atoms with van der Waals surface area (Å²) < 4.78 is 10.6. The Morgan fingerprint density at radius 2 is 2.00 bits per heavy atom. The Morgan fingerprint density at radius 3 is 2.31 bits per heavy atom. The molecule has 3 nitrogen and oxygen atoms in total. The largest absolute Gasteiger partial charge is 0.376 e. The molecule has 0 radical (unpaired) electrons. The molecule has 3 heteroatoms. The fourth-order valence-electron chi connectivity index (χ4n) is 1.45. The molecule has 0 atom stereocenters. The van der Waals surface area contributed by atoms with E-state index in [4.69, 9.17) is 9.47 Å². The van der Waals surface area contributed by atoms with E-state index in [0.717, 1.165) is 0 Å². The van der Waals surface area contributed by atoms with Crippen molar-refractivity contribution in [2.75, 3.05) is 13.2 Å². The summed E-state index contributed by atoms with van der Waals surface area (Å²) in [6, 6.07) is 0. The summed E-state index contributed by atoms with van der Waals surface area (Å²) in [4.78, 5) is 11.7. The van der Waals surface area contributed by atoms with Crippen molar-refractivity contribution >= 4 is 5.78 Å². The van der Waals surface area contributed by atoms with Gasteiger partial charge in [0.05, 0.1) is 13.2 Å². The minimum absolute atomic E-state index is 0.0241. The third kappa shape index (κ3) is 2.51. The summed E-state index contributed by atoms with van der Waals surface area (Å²) in [6.07, 6.45) is 0.109. The molecule has 0 bridgehead atoms. The highest BCUT2D eigenvalue weighted by molar-refractivity contribution is 5.88. The maximum absolute atomic E-state index is 11.7. The van der Waals surface area contributed by atoms with Crippen LogP contribution in [0.2, 0.25) is 0 Å². The molecule has 1 aliphatic heterocycles. The number of hydrogen-bond donors (Lipinski definition) is 0. The van der Waals surface area contributed by atoms with Crippen LogP contribution in [0.3, 0.4) is 0 Å². The van der Waals surface area contributed by atoms with Crippen molar-refractivity contribution in [3.8, 4) is 0 Å². The molecule has 1 fully saturated rings. The highest BCUT2D eigenvalue weighted by atomic mass is 16.6. The monoisotopic (exact) mass is 186 g/mol. The lowest BCUT2D eigenvalue weighted by molar-refractivity contribution is -0.189. The van der Waals surface area contributed by atoms with Gasteiger partial charge >= 0.3 is 0 Å². The standard InChI is InChI=1S/C10H18O3/c1-7(2)9(11)10(3,4)13-8-5-12-6-8/h7-8H,5-6H2,1-4H3. The van der Waals surface area contributed by atoms with E-state index in [1.807, 2.05) is 27.7 Å². The maximum Gasteiger partial charge on any atom is 0.166 e. The fraction of sp³-hybridized carbons (Fsp3) is 0.900. The first-order chi connectivity index (χ1) is 5.93. The Kier molecular flexibility index (Phi) is 3.09. The third-order valence-electron chi connectivity index (χ3n) is 2.19. The lowest BCUT2D eigenvalue weighted by atomic mass is 9.94. The average molecular weight is 186 g/mol. The summed E-state index contributed by atoms with van der Waals surface area (Å²) in [5, 5.41) is 0. The Morgan fingerprint density at radius 1 is 1.46 bits per heavy atom. The number of rotatable bonds is 4. The van der Waals surface area contributed by atoms with E-state index in [1.165, 1.54) is 0 Å². The molecule has 0 spiro atoms. The summed E-state index contributed by atoms with van der Waals surface area (Å²) in [5.41, 5.74) is -0.664. The summed E-state index contributed by atoms with van der Waals surface area (Å²) in [6.45, 7) is 8.68. The van der Waals surface area contributed by atoms with Crippen molar-refractivity contribution in [2.24, 2.45) is 5.92 Å². The van der Waals surface area contributed by atoms with Crippen molar-refractivity contribution in [1.29, 1.82) is 0 Å². The van der Waals surface area contributed by atoms with Crippen molar-refractivity contribution in [1.82, 2.24) is 0 Å². The van der Waals surface area contributed by atoms with E-state index in [2.05, 4.69) is 0 Å². The van der Waals surface area contributed by atoms with Crippen molar-refractivity contribution in [3.63, 3.8) is 0 Å². The third-order valence-corrected chi connectivity index (χ3v) is 2.19. The van der Waals surface area contributed by atoms with Crippen LogP contribution < -0.4 is 0 Å². The van der Waals surface area contributed by atoms with Gasteiger partial charge in [0, 0.05) is 5.92 Å². The number of carbonyl (C=O) groups is 1. The van der Waals surface area contributed by atoms with Gasteiger partial charge in [-0.1, -0.05) is 13.8 Å². The van der Waals surface area contributed by atoms with Crippen LogP contribution in [0.1, 0.15) is 27.7 Å². The van der Waals surface area contributed by atoms with Gasteiger partial charge in [-0.2, -0.15) is 0 Å². The smallest absolute Gasteiger partial charge is 0.166 e. The SMILES string of the molecule is CC(C)C(=O)C(C)(C)OC1COC1. The van der Waals surface area contributed by atoms with E-state index in [1.54, 1.807) is 0 Å². The number of carbonyl (C=O) groups excluding carboxylic acids is 1. The number of ketones is 1. The predicted octanol–water partition coefficient (Wildman–Crippen LogP) is 1.41. The second-order valence-corrected chi connectivity index (χ2v) is 4.31. The van der Waals surface area contributed by atoms with Crippen molar-refractivity contribution in [2.45, 2.75) is 39.4 Å². The van der Waals surface area contributed by atoms with Crippen LogP contribution in [-0.2, 0) is 14.3 Å². The van der Waals surface area contributed by atoms with Crippen LogP contribution in [0, 0.1) is 5.92 Å². The van der Waals surface area contributed by atoms with Gasteiger partial charge in [0.15, 0.2) is 5.78 Å². The second kappa shape index (κ2) is 3.76. The maximum atomic E-state index is 11.7. The van der Waals surface area contributed by atoms with Crippen LogP contribution in [0.15, 0.2) is 0 Å². The van der Waals surface area contributed by atoms with Gasteiger partial charge in [0.2, 0.25) is 0 Å². The first-order valence-electron chi connectivity index (χ1n) is 4.73. The van der Waals surface area contributed by atoms with Gasteiger partial charge in [-0.25, -0.2) is 0 Å². The van der Waals surface area contributed by atoms with Gasteiger partial charge < -0.3 is 9.47 Å². The molecule has 0 saturated carbocycles. The normalized spacial score (nSPS) is 18.8. The molecule has 0 unspecified atom stereocenters. The van der Waals surface area contributed by atoms with Gasteiger partial charge in [-0.15, -0.1) is 0 Å². The Balaban J connectivity index is 2.47. The zero-order valence-corrected chi connectivity index (χ0v) is 8.79. The van der Waals surface area contributed by atoms with E-state index >= 15 is 0 Å². The molecule has 0 N–H and O–H groups in total. The van der Waals surface area contributed by atoms with E-state index in [9.17, 15) is 4.79 Å². The van der Waals surface area contributed by atoms with Crippen molar-refractivity contribution < 1.29 is 14.3 Å². The molecule has 0 aliphatic carbocycles. The zero-order chi connectivity index (χ0) is 10.1. The topological polar surface area (TPSA) is 35.5 Å². The number of hydrogen-bond acceptors (Lipinski definition) is 3. The van der Waals surface area contributed by atoms with Gasteiger partial charge in [-0.05, 0) is 13.8 Å². The minimum atomic E-state index is -0.664. The molecule has 0 aromatic heterocycles. The highest BCUT2D eigenvalue weighted by Gasteiger charge is 2.35. The summed E-state index contributed by atoms with van der Waals surface area (Å²) in [5.74, 6) is 0.176. The van der Waals surface area contributed by atoms with Crippen molar-refractivity contribution in [3.05, 3.63) is 0 Å². The van der Waals surface area contributed by atoms with E-state index < -0.39 is 5.60 Å². The van der Waals surface area contributed by atoms with Crippen LogP contribution >= 0.6 is 0 Å². The summed E-state index contributed by atoms with van der Waals surface area (Å²) in [7, 11) is 0. The first kappa shape index (κ1) is 10.7. The van der Waals surface area contributed by atoms with Gasteiger partial charge in [0.1, 0.15) is 11.7 Å². The van der Waals surface area contributed by atoms with Crippen LogP contribution in [-0.4, -0.2) is 30.7 Å². The molecule has 13 heavy (non-hydrogen) atoms. The molecule has 0 amide bonds. The molecular formula is C10H18O3. The quantitative estimate of drug-likeness (QED) is 0.666. The number of ether oxygens (including phenoxy) is 2. The number of Topliss-reactive ketones (excluding diaryl/α,β-unsaturated/α-hetero) is 1. The molecule has 1 aliphatic rings. The van der Waals surface area contributed by atoms with Crippen LogP contribution in [0.5, 0.6) is 0 Å². The minimum Gasteiger partial charge on any atom is -0.376 e. The lowest BCUT2D eigenvalue weighted by Gasteiger charge is -2.35. The molecule has 1 rings (SSSR count).